The molecule has 1 aliphatic rings. The van der Waals surface area contributed by atoms with Crippen molar-refractivity contribution in [2.45, 2.75) is 37.0 Å². The van der Waals surface area contributed by atoms with Crippen molar-refractivity contribution in [1.29, 1.82) is 0 Å². The van der Waals surface area contributed by atoms with Gasteiger partial charge in [0.2, 0.25) is 15.9 Å². The minimum atomic E-state index is -3.63. The van der Waals surface area contributed by atoms with Gasteiger partial charge in [-0.1, -0.05) is 12.1 Å². The lowest BCUT2D eigenvalue weighted by Gasteiger charge is -2.26. The second-order valence-corrected chi connectivity index (χ2v) is 7.44. The predicted octanol–water partition coefficient (Wildman–Crippen LogP) is 0.869. The Kier molecular flexibility index (Phi) is 6.56. The van der Waals surface area contributed by atoms with Crippen LogP contribution < -0.4 is 10.5 Å². The molecule has 3 N–H and O–H groups in total. The molecule has 23 heavy (non-hydrogen) atoms. The van der Waals surface area contributed by atoms with Crippen LogP contribution >= 0.6 is 0 Å². The van der Waals surface area contributed by atoms with Crippen molar-refractivity contribution in [3.8, 4) is 0 Å². The first-order valence-electron chi connectivity index (χ1n) is 8.07. The summed E-state index contributed by atoms with van der Waals surface area (Å²) < 4.78 is 22.3. The Morgan fingerprint density at radius 2 is 1.74 bits per heavy atom. The summed E-state index contributed by atoms with van der Waals surface area (Å²) in [6, 6.07) is 6.57. The first-order chi connectivity index (χ1) is 11.0. The van der Waals surface area contributed by atoms with E-state index in [2.05, 4.69) is 5.32 Å². The van der Waals surface area contributed by atoms with E-state index in [4.69, 9.17) is 5.14 Å². The molecule has 0 spiro atoms. The molecule has 128 valence electrons. The van der Waals surface area contributed by atoms with Gasteiger partial charge in [-0.3, -0.25) is 4.79 Å². The molecular formula is C16H25N3O3S. The summed E-state index contributed by atoms with van der Waals surface area (Å²) in [6.45, 7) is 3.22. The van der Waals surface area contributed by atoms with Crippen LogP contribution in [0.4, 0.5) is 0 Å². The van der Waals surface area contributed by atoms with E-state index >= 15 is 0 Å². The van der Waals surface area contributed by atoms with Crippen LogP contribution in [0.1, 0.15) is 31.2 Å². The summed E-state index contributed by atoms with van der Waals surface area (Å²) in [5.41, 5.74) is 1.03. The number of carbonyl (C=O) groups excluding carboxylic acids is 1. The fourth-order valence-corrected chi connectivity index (χ4v) is 3.22. The maximum atomic E-state index is 12.0. The monoisotopic (exact) mass is 339 g/mol. The van der Waals surface area contributed by atoms with Gasteiger partial charge in [-0.05, 0) is 49.9 Å². The van der Waals surface area contributed by atoms with Gasteiger partial charge in [0.15, 0.2) is 0 Å². The number of carbonyl (C=O) groups is 1. The minimum Gasteiger partial charge on any atom is -0.343 e. The number of sulfonamides is 1. The molecule has 0 aliphatic carbocycles. The van der Waals surface area contributed by atoms with Gasteiger partial charge in [0, 0.05) is 26.1 Å². The molecule has 2 rings (SSSR count). The Labute approximate surface area is 138 Å². The van der Waals surface area contributed by atoms with Gasteiger partial charge in [-0.2, -0.15) is 0 Å². The van der Waals surface area contributed by atoms with E-state index in [1.807, 2.05) is 4.90 Å². The number of nitrogens with zero attached hydrogens (tertiary/aromatic N) is 1. The summed E-state index contributed by atoms with van der Waals surface area (Å²) in [7, 11) is -3.63. The smallest absolute Gasteiger partial charge is 0.238 e. The standard InChI is InChI=1S/C16H25N3O3S/c17-23(21,22)15-6-4-14(5-7-15)8-10-18-11-9-16(20)19-12-2-1-3-13-19/h4-7,18H,1-3,8-13H2,(H2,17,21,22). The summed E-state index contributed by atoms with van der Waals surface area (Å²) in [5, 5.41) is 8.32. The molecule has 1 fully saturated rings. The fourth-order valence-electron chi connectivity index (χ4n) is 2.70. The van der Waals surface area contributed by atoms with Crippen molar-refractivity contribution >= 4 is 15.9 Å². The van der Waals surface area contributed by atoms with Gasteiger partial charge >= 0.3 is 0 Å². The molecule has 1 aromatic carbocycles. The molecule has 0 radical (unpaired) electrons. The zero-order chi connectivity index (χ0) is 16.7. The van der Waals surface area contributed by atoms with Crippen LogP contribution in [0.15, 0.2) is 29.2 Å². The van der Waals surface area contributed by atoms with Gasteiger partial charge in [-0.15, -0.1) is 0 Å². The molecule has 0 bridgehead atoms. The molecule has 1 aliphatic heterocycles. The van der Waals surface area contributed by atoms with Crippen molar-refractivity contribution in [2.24, 2.45) is 5.14 Å². The highest BCUT2D eigenvalue weighted by Crippen LogP contribution is 2.10. The summed E-state index contributed by atoms with van der Waals surface area (Å²) >= 11 is 0. The maximum absolute atomic E-state index is 12.0. The SMILES string of the molecule is NS(=O)(=O)c1ccc(CCNCCC(=O)N2CCCCC2)cc1. The van der Waals surface area contributed by atoms with Crippen molar-refractivity contribution in [2.75, 3.05) is 26.2 Å². The number of primary sulfonamides is 1. The van der Waals surface area contributed by atoms with Crippen molar-refractivity contribution < 1.29 is 13.2 Å². The summed E-state index contributed by atoms with van der Waals surface area (Å²) in [4.78, 5) is 14.1. The zero-order valence-electron chi connectivity index (χ0n) is 13.3. The predicted molar refractivity (Wildman–Crippen MR) is 89.4 cm³/mol. The van der Waals surface area contributed by atoms with Gasteiger partial charge in [0.25, 0.3) is 0 Å². The number of hydrogen-bond donors (Lipinski definition) is 2. The fraction of sp³-hybridized carbons (Fsp3) is 0.562. The van der Waals surface area contributed by atoms with Gasteiger partial charge in [0.1, 0.15) is 0 Å². The van der Waals surface area contributed by atoms with E-state index in [0.717, 1.165) is 44.5 Å². The number of amides is 1. The van der Waals surface area contributed by atoms with Crippen molar-refractivity contribution in [3.63, 3.8) is 0 Å². The third-order valence-corrected chi connectivity index (χ3v) is 5.00. The van der Waals surface area contributed by atoms with E-state index < -0.39 is 10.0 Å². The number of rotatable bonds is 7. The number of piperidine rings is 1. The Morgan fingerprint density at radius 3 is 2.35 bits per heavy atom. The molecule has 1 aromatic rings. The Bertz CT molecular complexity index is 608. The second kappa shape index (κ2) is 8.42. The maximum Gasteiger partial charge on any atom is 0.238 e. The first-order valence-corrected chi connectivity index (χ1v) is 9.62. The van der Waals surface area contributed by atoms with Gasteiger partial charge < -0.3 is 10.2 Å². The zero-order valence-corrected chi connectivity index (χ0v) is 14.1. The van der Waals surface area contributed by atoms with Gasteiger partial charge in [0.05, 0.1) is 4.90 Å². The molecule has 1 heterocycles. The minimum absolute atomic E-state index is 0.126. The summed E-state index contributed by atoms with van der Waals surface area (Å²) in [5.74, 6) is 0.231. The molecular weight excluding hydrogens is 314 g/mol. The van der Waals surface area contributed by atoms with Crippen LogP contribution in [0.2, 0.25) is 0 Å². The highest BCUT2D eigenvalue weighted by atomic mass is 32.2. The molecule has 6 nitrogen and oxygen atoms in total. The molecule has 1 saturated heterocycles. The molecule has 0 unspecified atom stereocenters. The van der Waals surface area contributed by atoms with E-state index in [-0.39, 0.29) is 10.8 Å². The Hall–Kier alpha value is -1.44. The quantitative estimate of drug-likeness (QED) is 0.721. The average molecular weight is 339 g/mol. The number of nitrogens with one attached hydrogen (secondary N) is 1. The lowest BCUT2D eigenvalue weighted by molar-refractivity contribution is -0.131. The summed E-state index contributed by atoms with van der Waals surface area (Å²) in [6.07, 6.45) is 4.78. The Morgan fingerprint density at radius 1 is 1.09 bits per heavy atom. The molecule has 7 heteroatoms. The van der Waals surface area contributed by atoms with Crippen LogP contribution in [0.25, 0.3) is 0 Å². The third kappa shape index (κ3) is 5.93. The average Bonchev–Trinajstić information content (AvgIpc) is 2.55. The van der Waals surface area contributed by atoms with Crippen LogP contribution in [-0.4, -0.2) is 45.4 Å². The molecule has 1 amide bonds. The number of nitrogens with two attached hydrogens (primary N) is 1. The van der Waals surface area contributed by atoms with Crippen LogP contribution in [-0.2, 0) is 21.2 Å². The second-order valence-electron chi connectivity index (χ2n) is 5.88. The molecule has 0 atom stereocenters. The van der Waals surface area contributed by atoms with Crippen LogP contribution in [0, 0.1) is 0 Å². The number of likely N-dealkylation sites (tertiary alicyclic amines) is 1. The van der Waals surface area contributed by atoms with Crippen molar-refractivity contribution in [3.05, 3.63) is 29.8 Å². The van der Waals surface area contributed by atoms with Crippen LogP contribution in [0.5, 0.6) is 0 Å². The Balaban J connectivity index is 1.64. The van der Waals surface area contributed by atoms with E-state index in [9.17, 15) is 13.2 Å². The number of hydrogen-bond acceptors (Lipinski definition) is 4. The largest absolute Gasteiger partial charge is 0.343 e. The normalized spacial score (nSPS) is 15.6. The van der Waals surface area contributed by atoms with E-state index in [1.165, 1.54) is 18.6 Å². The highest BCUT2D eigenvalue weighted by Gasteiger charge is 2.15. The first kappa shape index (κ1) is 17.9. The topological polar surface area (TPSA) is 92.5 Å². The van der Waals surface area contributed by atoms with Crippen molar-refractivity contribution in [1.82, 2.24) is 10.2 Å². The van der Waals surface area contributed by atoms with E-state index in [1.54, 1.807) is 12.1 Å². The van der Waals surface area contributed by atoms with Crippen LogP contribution in [0.3, 0.4) is 0 Å². The highest BCUT2D eigenvalue weighted by molar-refractivity contribution is 7.89. The lowest BCUT2D eigenvalue weighted by Crippen LogP contribution is -2.37. The third-order valence-electron chi connectivity index (χ3n) is 4.07. The molecule has 0 saturated carbocycles. The van der Waals surface area contributed by atoms with E-state index in [0.29, 0.717) is 13.0 Å². The molecule has 0 aromatic heterocycles. The number of benzene rings is 1. The van der Waals surface area contributed by atoms with Gasteiger partial charge in [-0.25, -0.2) is 13.6 Å². The lowest BCUT2D eigenvalue weighted by atomic mass is 10.1.